The van der Waals surface area contributed by atoms with Crippen molar-refractivity contribution < 1.29 is 4.79 Å². The lowest BCUT2D eigenvalue weighted by atomic mass is 10.0. The van der Waals surface area contributed by atoms with Crippen LogP contribution in [0.1, 0.15) is 69.4 Å². The number of hydrogen-bond acceptors (Lipinski definition) is 2. The molecule has 23 heavy (non-hydrogen) atoms. The van der Waals surface area contributed by atoms with Gasteiger partial charge in [-0.2, -0.15) is 5.26 Å². The van der Waals surface area contributed by atoms with Gasteiger partial charge in [0.2, 0.25) is 0 Å². The molecule has 0 unspecified atom stereocenters. The highest BCUT2D eigenvalue weighted by Gasteiger charge is 2.17. The van der Waals surface area contributed by atoms with Crippen LogP contribution >= 0.6 is 0 Å². The molecule has 0 atom stereocenters. The van der Waals surface area contributed by atoms with Crippen LogP contribution in [-0.4, -0.2) is 11.9 Å². The average Bonchev–Trinajstić information content (AvgIpc) is 2.81. The summed E-state index contributed by atoms with van der Waals surface area (Å²) in [6.45, 7) is 4.29. The number of benzene rings is 1. The normalized spacial score (nSPS) is 16.7. The van der Waals surface area contributed by atoms with Crippen molar-refractivity contribution in [1.82, 2.24) is 5.32 Å². The number of rotatable bonds is 4. The second-order valence-corrected chi connectivity index (χ2v) is 6.65. The van der Waals surface area contributed by atoms with E-state index in [1.807, 2.05) is 18.2 Å². The zero-order chi connectivity index (χ0) is 16.7. The Morgan fingerprint density at radius 3 is 2.30 bits per heavy atom. The third-order valence-corrected chi connectivity index (χ3v) is 4.47. The molecule has 1 fully saturated rings. The zero-order valence-corrected chi connectivity index (χ0v) is 14.1. The Bertz CT molecular complexity index is 585. The summed E-state index contributed by atoms with van der Waals surface area (Å²) in [5, 5.41) is 12.3. The van der Waals surface area contributed by atoms with Gasteiger partial charge in [0.15, 0.2) is 0 Å². The molecule has 0 bridgehead atoms. The molecule has 1 N–H and O–H groups in total. The van der Waals surface area contributed by atoms with Gasteiger partial charge in [0, 0.05) is 6.04 Å². The molecule has 3 heteroatoms. The van der Waals surface area contributed by atoms with Crippen molar-refractivity contribution in [2.75, 3.05) is 0 Å². The minimum Gasteiger partial charge on any atom is -0.349 e. The number of carbonyl (C=O) groups is 1. The first kappa shape index (κ1) is 17.3. The minimum atomic E-state index is -0.243. The maximum atomic E-state index is 12.3. The van der Waals surface area contributed by atoms with Gasteiger partial charge in [-0.05, 0) is 36.0 Å². The van der Waals surface area contributed by atoms with Crippen molar-refractivity contribution in [1.29, 1.82) is 5.26 Å². The molecule has 122 valence electrons. The molecular weight excluding hydrogens is 284 g/mol. The second kappa shape index (κ2) is 8.53. The van der Waals surface area contributed by atoms with Crippen LogP contribution in [0.4, 0.5) is 0 Å². The predicted molar refractivity (Wildman–Crippen MR) is 93.8 cm³/mol. The molecule has 0 aromatic heterocycles. The van der Waals surface area contributed by atoms with Crippen LogP contribution < -0.4 is 5.32 Å². The van der Waals surface area contributed by atoms with Gasteiger partial charge in [-0.1, -0.05) is 63.8 Å². The minimum absolute atomic E-state index is 0.187. The highest BCUT2D eigenvalue weighted by Crippen LogP contribution is 2.19. The molecule has 2 rings (SSSR count). The molecule has 1 aromatic rings. The third kappa shape index (κ3) is 5.25. The first-order chi connectivity index (χ1) is 11.1. The van der Waals surface area contributed by atoms with Gasteiger partial charge in [-0.15, -0.1) is 0 Å². The molecular formula is C20H26N2O. The molecule has 3 nitrogen and oxygen atoms in total. The van der Waals surface area contributed by atoms with Gasteiger partial charge in [-0.25, -0.2) is 0 Å². The average molecular weight is 310 g/mol. The Balaban J connectivity index is 2.05. The molecule has 1 aromatic carbocycles. The SMILES string of the molecule is CC(C)c1ccc(/C=C(\C#N)C(=O)NC2CCCCCC2)cc1. The van der Waals surface area contributed by atoms with E-state index >= 15 is 0 Å². The monoisotopic (exact) mass is 310 g/mol. The molecule has 1 amide bonds. The summed E-state index contributed by atoms with van der Waals surface area (Å²) in [6.07, 6.45) is 8.53. The number of amides is 1. The Morgan fingerprint density at radius 2 is 1.78 bits per heavy atom. The topological polar surface area (TPSA) is 52.9 Å². The van der Waals surface area contributed by atoms with Crippen LogP contribution in [0.25, 0.3) is 6.08 Å². The predicted octanol–water partition coefficient (Wildman–Crippen LogP) is 4.56. The third-order valence-electron chi connectivity index (χ3n) is 4.47. The number of hydrogen-bond donors (Lipinski definition) is 1. The molecule has 0 radical (unpaired) electrons. The fourth-order valence-corrected chi connectivity index (χ4v) is 2.98. The van der Waals surface area contributed by atoms with E-state index in [1.165, 1.54) is 18.4 Å². The van der Waals surface area contributed by atoms with Crippen molar-refractivity contribution in [3.8, 4) is 6.07 Å². The number of carbonyl (C=O) groups excluding carboxylic acids is 1. The zero-order valence-electron chi connectivity index (χ0n) is 14.1. The number of nitrogens with one attached hydrogen (secondary N) is 1. The maximum absolute atomic E-state index is 12.3. The Hall–Kier alpha value is -2.08. The van der Waals surface area contributed by atoms with Crippen molar-refractivity contribution >= 4 is 12.0 Å². The van der Waals surface area contributed by atoms with E-state index in [0.717, 1.165) is 31.2 Å². The summed E-state index contributed by atoms with van der Waals surface area (Å²) in [4.78, 5) is 12.3. The van der Waals surface area contributed by atoms with Crippen molar-refractivity contribution in [2.24, 2.45) is 0 Å². The van der Waals surface area contributed by atoms with E-state index in [1.54, 1.807) is 6.08 Å². The van der Waals surface area contributed by atoms with Crippen LogP contribution in [0.15, 0.2) is 29.8 Å². The lowest BCUT2D eigenvalue weighted by Crippen LogP contribution is -2.35. The van der Waals surface area contributed by atoms with E-state index in [0.29, 0.717) is 5.92 Å². The van der Waals surface area contributed by atoms with Crippen molar-refractivity contribution in [3.05, 3.63) is 41.0 Å². The van der Waals surface area contributed by atoms with E-state index in [2.05, 4.69) is 31.3 Å². The lowest BCUT2D eigenvalue weighted by molar-refractivity contribution is -0.117. The largest absolute Gasteiger partial charge is 0.349 e. The van der Waals surface area contributed by atoms with Crippen molar-refractivity contribution in [3.63, 3.8) is 0 Å². The summed E-state index contributed by atoms with van der Waals surface area (Å²) in [7, 11) is 0. The second-order valence-electron chi connectivity index (χ2n) is 6.65. The highest BCUT2D eigenvalue weighted by atomic mass is 16.1. The smallest absolute Gasteiger partial charge is 0.262 e. The lowest BCUT2D eigenvalue weighted by Gasteiger charge is -2.15. The summed E-state index contributed by atoms with van der Waals surface area (Å²) < 4.78 is 0. The van der Waals surface area contributed by atoms with E-state index < -0.39 is 0 Å². The molecule has 0 heterocycles. The molecule has 1 aliphatic rings. The van der Waals surface area contributed by atoms with E-state index in [-0.39, 0.29) is 17.5 Å². The van der Waals surface area contributed by atoms with Gasteiger partial charge < -0.3 is 5.32 Å². The van der Waals surface area contributed by atoms with Gasteiger partial charge in [-0.3, -0.25) is 4.79 Å². The summed E-state index contributed by atoms with van der Waals surface area (Å²) >= 11 is 0. The van der Waals surface area contributed by atoms with Crippen LogP contribution in [-0.2, 0) is 4.79 Å². The molecule has 1 aliphatic carbocycles. The van der Waals surface area contributed by atoms with Crippen LogP contribution in [0.3, 0.4) is 0 Å². The first-order valence-electron chi connectivity index (χ1n) is 8.62. The van der Waals surface area contributed by atoms with Gasteiger partial charge >= 0.3 is 0 Å². The summed E-state index contributed by atoms with van der Waals surface area (Å²) in [5.41, 5.74) is 2.33. The van der Waals surface area contributed by atoms with Crippen LogP contribution in [0, 0.1) is 11.3 Å². The maximum Gasteiger partial charge on any atom is 0.262 e. The van der Waals surface area contributed by atoms with E-state index in [4.69, 9.17) is 0 Å². The quantitative estimate of drug-likeness (QED) is 0.503. The fourth-order valence-electron chi connectivity index (χ4n) is 2.98. The fraction of sp³-hybridized carbons (Fsp3) is 0.500. The Labute approximate surface area is 139 Å². The van der Waals surface area contributed by atoms with Gasteiger partial charge in [0.05, 0.1) is 0 Å². The number of nitriles is 1. The standard InChI is InChI=1S/C20H26N2O/c1-15(2)17-11-9-16(10-12-17)13-18(14-21)20(23)22-19-7-5-3-4-6-8-19/h9-13,15,19H,3-8H2,1-2H3,(H,22,23)/b18-13+. The highest BCUT2D eigenvalue weighted by molar-refractivity contribution is 6.01. The van der Waals surface area contributed by atoms with Crippen LogP contribution in [0.2, 0.25) is 0 Å². The molecule has 0 saturated heterocycles. The van der Waals surface area contributed by atoms with Gasteiger partial charge in [0.1, 0.15) is 11.6 Å². The molecule has 1 saturated carbocycles. The van der Waals surface area contributed by atoms with E-state index in [9.17, 15) is 10.1 Å². The number of nitrogens with zero attached hydrogens (tertiary/aromatic N) is 1. The summed E-state index contributed by atoms with van der Waals surface area (Å²) in [6, 6.07) is 10.3. The Kier molecular flexibility index (Phi) is 6.40. The van der Waals surface area contributed by atoms with Crippen molar-refractivity contribution in [2.45, 2.75) is 64.3 Å². The summed E-state index contributed by atoms with van der Waals surface area (Å²) in [5.74, 6) is 0.231. The molecule has 0 aliphatic heterocycles. The molecule has 0 spiro atoms. The first-order valence-corrected chi connectivity index (χ1v) is 8.62. The van der Waals surface area contributed by atoms with Gasteiger partial charge in [0.25, 0.3) is 5.91 Å². The van der Waals surface area contributed by atoms with Crippen LogP contribution in [0.5, 0.6) is 0 Å². The Morgan fingerprint density at radius 1 is 1.17 bits per heavy atom.